The minimum absolute atomic E-state index is 0.00569. The maximum absolute atomic E-state index is 13.5. The van der Waals surface area contributed by atoms with Gasteiger partial charge in [-0.1, -0.05) is 39.0 Å². The van der Waals surface area contributed by atoms with Crippen molar-refractivity contribution in [2.24, 2.45) is 5.41 Å². The molecule has 0 saturated carbocycles. The van der Waals surface area contributed by atoms with Gasteiger partial charge in [0.1, 0.15) is 11.5 Å². The van der Waals surface area contributed by atoms with Crippen molar-refractivity contribution in [3.05, 3.63) is 142 Å². The van der Waals surface area contributed by atoms with Crippen molar-refractivity contribution in [1.82, 2.24) is 44.5 Å². The van der Waals surface area contributed by atoms with Gasteiger partial charge in [0.15, 0.2) is 0 Å². The number of hydrogen-bond donors (Lipinski definition) is 3. The highest BCUT2D eigenvalue weighted by Crippen LogP contribution is 2.35. The van der Waals surface area contributed by atoms with Gasteiger partial charge in [-0.05, 0) is 147 Å². The van der Waals surface area contributed by atoms with Crippen molar-refractivity contribution >= 4 is 27.6 Å². The van der Waals surface area contributed by atoms with Crippen LogP contribution in [0.2, 0.25) is 0 Å². The molecule has 448 valence electrons. The summed E-state index contributed by atoms with van der Waals surface area (Å²) < 4.78 is 111. The van der Waals surface area contributed by atoms with Crippen molar-refractivity contribution in [3.63, 3.8) is 0 Å². The van der Waals surface area contributed by atoms with E-state index in [0.29, 0.717) is 28.7 Å². The molecule has 15 nitrogen and oxygen atoms in total. The van der Waals surface area contributed by atoms with Crippen molar-refractivity contribution in [2.75, 3.05) is 60.4 Å². The van der Waals surface area contributed by atoms with Crippen LogP contribution in [0.15, 0.2) is 96.0 Å². The first kappa shape index (κ1) is 67.6. The minimum Gasteiger partial charge on any atom is -0.468 e. The van der Waals surface area contributed by atoms with Gasteiger partial charge in [0.25, 0.3) is 11.8 Å². The van der Waals surface area contributed by atoms with Crippen LogP contribution in [0.5, 0.6) is 0 Å². The Kier molecular flexibility index (Phi) is 24.9. The number of furan rings is 1. The number of aromatic nitrogens is 2. The van der Waals surface area contributed by atoms with E-state index in [0.717, 1.165) is 76.0 Å². The molecule has 4 heterocycles. The monoisotopic (exact) mass is 1160 g/mol. The summed E-state index contributed by atoms with van der Waals surface area (Å²) in [5.74, 6) is 0.0286. The predicted octanol–water partition coefficient (Wildman–Crippen LogP) is 10.0. The number of halogens is 6. The van der Waals surface area contributed by atoms with Crippen molar-refractivity contribution in [1.29, 1.82) is 0 Å². The number of nitrogens with one attached hydrogen (secondary N) is 3. The number of amides is 2. The fraction of sp³-hybridized carbons (Fsp3) is 0.525. The van der Waals surface area contributed by atoms with Crippen LogP contribution in [0, 0.1) is 12.3 Å². The number of piperazine rings is 1. The number of Topliss-reactive ketones (excluding diaryl/α,β-unsaturated/α-hetero) is 1. The SMILES string of the molecule is CC(C)NC(=O)c1ccc(CN2CCC(N(C)C)C2)c(C(F)(F)F)c1.CC(C)NC(=O)c1ccc(CN2CCN(C)CC2)cc1.CC(C)S(=O)(=O)NCc1ccco1.Cc1cn(-c2cc(CC(=O)C(C)(C)C)cc(C(F)(F)F)c2)cn1. The van der Waals surface area contributed by atoms with Crippen LogP contribution >= 0.6 is 0 Å². The topological polar surface area (TPSA) is 165 Å². The molecule has 81 heavy (non-hydrogen) atoms. The Morgan fingerprint density at radius 1 is 0.753 bits per heavy atom. The van der Waals surface area contributed by atoms with E-state index in [1.165, 1.54) is 34.9 Å². The second kappa shape index (κ2) is 29.9. The number of imidazole rings is 1. The lowest BCUT2D eigenvalue weighted by Crippen LogP contribution is -2.43. The summed E-state index contributed by atoms with van der Waals surface area (Å²) in [5.41, 5.74) is 1.57. The third kappa shape index (κ3) is 22.8. The molecule has 2 amide bonds. The molecule has 2 saturated heterocycles. The summed E-state index contributed by atoms with van der Waals surface area (Å²) >= 11 is 0. The lowest BCUT2D eigenvalue weighted by atomic mass is 9.87. The number of alkyl halides is 6. The number of benzene rings is 3. The molecule has 1 unspecified atom stereocenters. The van der Waals surface area contributed by atoms with Gasteiger partial charge in [-0.15, -0.1) is 0 Å². The van der Waals surface area contributed by atoms with Crippen molar-refractivity contribution < 1.29 is 53.6 Å². The Balaban J connectivity index is 0.000000237. The van der Waals surface area contributed by atoms with Gasteiger partial charge in [-0.2, -0.15) is 26.3 Å². The average molecular weight is 1160 g/mol. The smallest absolute Gasteiger partial charge is 0.416 e. The highest BCUT2D eigenvalue weighted by molar-refractivity contribution is 7.90. The maximum atomic E-state index is 13.5. The summed E-state index contributed by atoms with van der Waals surface area (Å²) in [7, 11) is 2.95. The Morgan fingerprint density at radius 3 is 1.85 bits per heavy atom. The number of likely N-dealkylation sites (tertiary alicyclic amines) is 1. The highest BCUT2D eigenvalue weighted by Gasteiger charge is 2.36. The van der Waals surface area contributed by atoms with Gasteiger partial charge < -0.3 is 29.4 Å². The van der Waals surface area contributed by atoms with Crippen LogP contribution in [0.25, 0.3) is 5.69 Å². The van der Waals surface area contributed by atoms with Crippen molar-refractivity contribution in [3.8, 4) is 5.69 Å². The summed E-state index contributed by atoms with van der Waals surface area (Å²) in [5, 5.41) is 5.12. The zero-order valence-electron chi connectivity index (χ0n) is 49.1. The fourth-order valence-electron chi connectivity index (χ4n) is 8.31. The Morgan fingerprint density at radius 2 is 1.36 bits per heavy atom. The van der Waals surface area contributed by atoms with E-state index in [2.05, 4.69) is 54.2 Å². The van der Waals surface area contributed by atoms with Crippen LogP contribution in [0.1, 0.15) is 129 Å². The quantitative estimate of drug-likeness (QED) is 0.0806. The molecule has 2 aliphatic rings. The molecule has 7 rings (SSSR count). The maximum Gasteiger partial charge on any atom is 0.416 e. The van der Waals surface area contributed by atoms with E-state index < -0.39 is 50.1 Å². The first-order valence-electron chi connectivity index (χ1n) is 27.1. The lowest BCUT2D eigenvalue weighted by Gasteiger charge is -2.32. The van der Waals surface area contributed by atoms with Crippen LogP contribution in [-0.2, 0) is 53.2 Å². The van der Waals surface area contributed by atoms with E-state index in [9.17, 15) is 49.1 Å². The third-order valence-corrected chi connectivity index (χ3v) is 15.1. The predicted molar refractivity (Wildman–Crippen MR) is 304 cm³/mol. The molecular weight excluding hydrogens is 1080 g/mol. The molecular formula is C59H83F6N9O6S. The number of aryl methyl sites for hydroxylation is 1. The molecule has 0 radical (unpaired) electrons. The lowest BCUT2D eigenvalue weighted by molar-refractivity contribution is -0.139. The zero-order valence-corrected chi connectivity index (χ0v) is 49.9. The van der Waals surface area contributed by atoms with E-state index >= 15 is 0 Å². The number of likely N-dealkylation sites (N-methyl/N-ethyl adjacent to an activating group) is 2. The van der Waals surface area contributed by atoms with Gasteiger partial charge in [0.05, 0.1) is 41.2 Å². The van der Waals surface area contributed by atoms with E-state index in [1.807, 2.05) is 45.0 Å². The summed E-state index contributed by atoms with van der Waals surface area (Å²) in [6, 6.07) is 19.4. The first-order valence-corrected chi connectivity index (χ1v) is 28.6. The highest BCUT2D eigenvalue weighted by atomic mass is 32.2. The standard InChI is InChI=1S/C18H26F3N3O.C17H19F3N2O.C16H25N3O.C8H13NO3S/c1-12(2)22-17(25)13-5-6-14(16(9-13)18(19,20)21)10-24-8-7-15(11-24)23(3)4;1-11-9-22(10-21-11)14-6-12(7-15(23)16(2,3)4)5-13(8-14)17(18,19)20;1-13(2)17-16(20)15-6-4-14(5-7-15)12-19-10-8-18(3)9-11-19;1-7(2)13(10,11)9-6-8-4-3-5-12-8/h5-6,9,12,15H,7-8,10-11H2,1-4H3,(H,22,25);5-6,8-10H,7H2,1-4H3;4-7,13H,8-12H2,1-3H3,(H,17,20);3-5,7,9H,6H2,1-2H3. The second-order valence-electron chi connectivity index (χ2n) is 22.7. The number of carbonyl (C=O) groups excluding carboxylic acids is 3. The number of nitrogens with zero attached hydrogens (tertiary/aromatic N) is 6. The Hall–Kier alpha value is -5.91. The Bertz CT molecular complexity index is 2890. The average Bonchev–Trinajstić information content (AvgIpc) is 4.26. The molecule has 0 bridgehead atoms. The van der Waals surface area contributed by atoms with Crippen LogP contribution in [0.3, 0.4) is 0 Å². The second-order valence-corrected chi connectivity index (χ2v) is 25.0. The molecule has 0 aliphatic carbocycles. The van der Waals surface area contributed by atoms with Gasteiger partial charge in [0.2, 0.25) is 10.0 Å². The normalized spacial score (nSPS) is 15.7. The van der Waals surface area contributed by atoms with Gasteiger partial charge in [0, 0.05) is 105 Å². The van der Waals surface area contributed by atoms with Gasteiger partial charge in [-0.3, -0.25) is 24.2 Å². The first-order chi connectivity index (χ1) is 37.6. The number of rotatable bonds is 16. The summed E-state index contributed by atoms with van der Waals surface area (Å²) in [4.78, 5) is 49.0. The third-order valence-electron chi connectivity index (χ3n) is 13.3. The van der Waals surface area contributed by atoms with E-state index in [1.54, 1.807) is 79.8 Å². The molecule has 5 aromatic rings. The van der Waals surface area contributed by atoms with E-state index in [-0.39, 0.29) is 54.4 Å². The molecule has 2 aromatic heterocycles. The van der Waals surface area contributed by atoms with Gasteiger partial charge >= 0.3 is 12.4 Å². The largest absolute Gasteiger partial charge is 0.468 e. The fourth-order valence-corrected chi connectivity index (χ4v) is 8.98. The number of ketones is 1. The van der Waals surface area contributed by atoms with Crippen LogP contribution in [-0.4, -0.2) is 139 Å². The molecule has 22 heteroatoms. The number of hydrogen-bond acceptors (Lipinski definition) is 11. The van der Waals surface area contributed by atoms with Crippen LogP contribution in [0.4, 0.5) is 26.3 Å². The number of sulfonamides is 1. The molecule has 3 N–H and O–H groups in total. The minimum atomic E-state index is -4.48. The Labute approximate surface area is 474 Å². The molecule has 2 aliphatic heterocycles. The van der Waals surface area contributed by atoms with Crippen molar-refractivity contribution in [2.45, 2.75) is 137 Å². The molecule has 2 fully saturated rings. The van der Waals surface area contributed by atoms with Gasteiger partial charge in [-0.25, -0.2) is 18.1 Å². The molecule has 3 aromatic carbocycles. The summed E-state index contributed by atoms with van der Waals surface area (Å²) in [6.45, 7) is 25.2. The summed E-state index contributed by atoms with van der Waals surface area (Å²) in [6.07, 6.45) is -3.42. The molecule has 1 atom stereocenters. The van der Waals surface area contributed by atoms with Crippen LogP contribution < -0.4 is 15.4 Å². The number of carbonyl (C=O) groups is 3. The molecule has 0 spiro atoms. The van der Waals surface area contributed by atoms with E-state index in [4.69, 9.17) is 4.42 Å². The zero-order chi connectivity index (χ0) is 60.6.